The molecule has 140 valence electrons. The van der Waals surface area contributed by atoms with E-state index in [1.54, 1.807) is 23.9 Å². The van der Waals surface area contributed by atoms with E-state index in [4.69, 9.17) is 4.74 Å². The van der Waals surface area contributed by atoms with Gasteiger partial charge in [-0.2, -0.15) is 11.8 Å². The van der Waals surface area contributed by atoms with E-state index >= 15 is 0 Å². The van der Waals surface area contributed by atoms with E-state index in [-0.39, 0.29) is 11.7 Å². The van der Waals surface area contributed by atoms with Crippen molar-refractivity contribution in [2.45, 2.75) is 39.0 Å². The fraction of sp³-hybridized carbons (Fsp3) is 0.381. The molecule has 1 N–H and O–H groups in total. The summed E-state index contributed by atoms with van der Waals surface area (Å²) in [5, 5.41) is 2.91. The van der Waals surface area contributed by atoms with Crippen LogP contribution in [0.2, 0.25) is 0 Å². The van der Waals surface area contributed by atoms with Gasteiger partial charge in [0.25, 0.3) is 5.91 Å². The van der Waals surface area contributed by atoms with Crippen molar-refractivity contribution in [1.82, 2.24) is 5.32 Å². The van der Waals surface area contributed by atoms with Crippen molar-refractivity contribution in [1.29, 1.82) is 0 Å². The lowest BCUT2D eigenvalue weighted by Crippen LogP contribution is -2.39. The highest BCUT2D eigenvalue weighted by Gasteiger charge is 2.18. The molecule has 0 spiro atoms. The smallest absolute Gasteiger partial charge is 0.261 e. The van der Waals surface area contributed by atoms with Crippen molar-refractivity contribution in [3.63, 3.8) is 0 Å². The van der Waals surface area contributed by atoms with Gasteiger partial charge in [-0.05, 0) is 43.5 Å². The highest BCUT2D eigenvalue weighted by atomic mass is 32.2. The van der Waals surface area contributed by atoms with Crippen molar-refractivity contribution in [2.24, 2.45) is 0 Å². The molecule has 0 bridgehead atoms. The van der Waals surface area contributed by atoms with E-state index in [1.807, 2.05) is 45.0 Å². The van der Waals surface area contributed by atoms with Crippen LogP contribution in [0.4, 0.5) is 4.39 Å². The number of nitrogens with one attached hydrogen (secondary N) is 1. The molecule has 3 nitrogen and oxygen atoms in total. The summed E-state index contributed by atoms with van der Waals surface area (Å²) in [6.07, 6.45) is 0.0922. The van der Waals surface area contributed by atoms with Gasteiger partial charge in [-0.15, -0.1) is 0 Å². The number of thioether (sulfide) groups is 1. The van der Waals surface area contributed by atoms with E-state index in [0.717, 1.165) is 17.1 Å². The maximum Gasteiger partial charge on any atom is 0.261 e. The second-order valence-corrected chi connectivity index (χ2v) is 7.32. The summed E-state index contributed by atoms with van der Waals surface area (Å²) in [6, 6.07) is 12.7. The Morgan fingerprint density at radius 2 is 2.00 bits per heavy atom. The Bertz CT molecular complexity index is 736. The Hall–Kier alpha value is -2.01. The molecule has 1 unspecified atom stereocenters. The van der Waals surface area contributed by atoms with Gasteiger partial charge >= 0.3 is 0 Å². The average Bonchev–Trinajstić information content (AvgIpc) is 2.62. The summed E-state index contributed by atoms with van der Waals surface area (Å²) in [6.45, 7) is 6.47. The van der Waals surface area contributed by atoms with Crippen LogP contribution in [0.1, 0.15) is 30.0 Å². The molecule has 5 heteroatoms. The molecule has 0 fully saturated rings. The Kier molecular flexibility index (Phi) is 7.98. The van der Waals surface area contributed by atoms with Crippen molar-refractivity contribution in [2.75, 3.05) is 12.3 Å². The van der Waals surface area contributed by atoms with Gasteiger partial charge in [-0.3, -0.25) is 4.79 Å². The van der Waals surface area contributed by atoms with Crippen LogP contribution in [0.3, 0.4) is 0 Å². The van der Waals surface area contributed by atoms with E-state index < -0.39 is 6.10 Å². The number of amides is 1. The highest BCUT2D eigenvalue weighted by molar-refractivity contribution is 7.98. The lowest BCUT2D eigenvalue weighted by Gasteiger charge is -2.19. The fourth-order valence-electron chi connectivity index (χ4n) is 2.56. The Morgan fingerprint density at radius 1 is 1.23 bits per heavy atom. The van der Waals surface area contributed by atoms with Crippen LogP contribution >= 0.6 is 11.8 Å². The van der Waals surface area contributed by atoms with Gasteiger partial charge in [-0.25, -0.2) is 4.39 Å². The van der Waals surface area contributed by atoms with E-state index in [1.165, 1.54) is 11.6 Å². The van der Waals surface area contributed by atoms with Crippen LogP contribution in [0.5, 0.6) is 5.75 Å². The minimum atomic E-state index is -0.507. The minimum Gasteiger partial charge on any atom is -0.480 e. The van der Waals surface area contributed by atoms with Crippen molar-refractivity contribution < 1.29 is 13.9 Å². The molecular weight excluding hydrogens is 349 g/mol. The van der Waals surface area contributed by atoms with E-state index in [0.29, 0.717) is 24.3 Å². The number of rotatable bonds is 9. The Labute approximate surface area is 159 Å². The zero-order valence-electron chi connectivity index (χ0n) is 15.5. The zero-order chi connectivity index (χ0) is 18.9. The van der Waals surface area contributed by atoms with Crippen molar-refractivity contribution in [3.05, 3.63) is 65.0 Å². The zero-order valence-corrected chi connectivity index (χ0v) is 16.4. The van der Waals surface area contributed by atoms with Gasteiger partial charge in [0.1, 0.15) is 11.6 Å². The quantitative estimate of drug-likeness (QED) is 0.649. The van der Waals surface area contributed by atoms with Crippen LogP contribution in [-0.4, -0.2) is 24.3 Å². The predicted octanol–water partition coefficient (Wildman–Crippen LogP) is 4.65. The number of hydrogen-bond acceptors (Lipinski definition) is 3. The SMILES string of the molecule is CCC(Oc1ccc(C)cc1C)C(=O)NCCSCc1ccccc1F. The maximum absolute atomic E-state index is 13.5. The minimum absolute atomic E-state index is 0.112. The summed E-state index contributed by atoms with van der Waals surface area (Å²) in [5.74, 6) is 1.77. The van der Waals surface area contributed by atoms with Crippen molar-refractivity contribution >= 4 is 17.7 Å². The first-order chi connectivity index (χ1) is 12.5. The van der Waals surface area contributed by atoms with E-state index in [2.05, 4.69) is 5.32 Å². The molecule has 2 aromatic rings. The number of benzene rings is 2. The number of aryl methyl sites for hydroxylation is 2. The predicted molar refractivity (Wildman–Crippen MR) is 106 cm³/mol. The largest absolute Gasteiger partial charge is 0.480 e. The third-order valence-corrected chi connectivity index (χ3v) is 5.03. The summed E-state index contributed by atoms with van der Waals surface area (Å²) in [7, 11) is 0. The van der Waals surface area contributed by atoms with Crippen LogP contribution < -0.4 is 10.1 Å². The summed E-state index contributed by atoms with van der Waals surface area (Å²) < 4.78 is 19.4. The number of carbonyl (C=O) groups is 1. The molecule has 2 aromatic carbocycles. The van der Waals surface area contributed by atoms with E-state index in [9.17, 15) is 9.18 Å². The number of hydrogen-bond donors (Lipinski definition) is 1. The molecule has 0 aliphatic carbocycles. The Morgan fingerprint density at radius 3 is 2.69 bits per heavy atom. The fourth-order valence-corrected chi connectivity index (χ4v) is 3.41. The first-order valence-electron chi connectivity index (χ1n) is 8.84. The van der Waals surface area contributed by atoms with Gasteiger partial charge in [-0.1, -0.05) is 42.8 Å². The molecule has 0 saturated heterocycles. The van der Waals surface area contributed by atoms with Crippen LogP contribution in [0, 0.1) is 19.7 Å². The van der Waals surface area contributed by atoms with Crippen LogP contribution in [-0.2, 0) is 10.5 Å². The van der Waals surface area contributed by atoms with Crippen LogP contribution in [0.25, 0.3) is 0 Å². The maximum atomic E-state index is 13.5. The van der Waals surface area contributed by atoms with Gasteiger partial charge in [0, 0.05) is 18.1 Å². The normalized spacial score (nSPS) is 11.8. The van der Waals surface area contributed by atoms with Gasteiger partial charge in [0.15, 0.2) is 6.10 Å². The molecular formula is C21H26FNO2S. The highest BCUT2D eigenvalue weighted by Crippen LogP contribution is 2.21. The van der Waals surface area contributed by atoms with Gasteiger partial charge in [0.05, 0.1) is 0 Å². The second kappa shape index (κ2) is 10.2. The monoisotopic (exact) mass is 375 g/mol. The second-order valence-electron chi connectivity index (χ2n) is 6.22. The topological polar surface area (TPSA) is 38.3 Å². The third-order valence-electron chi connectivity index (χ3n) is 4.02. The summed E-state index contributed by atoms with van der Waals surface area (Å²) >= 11 is 1.59. The molecule has 1 amide bonds. The van der Waals surface area contributed by atoms with Gasteiger partial charge in [0.2, 0.25) is 0 Å². The standard InChI is InChI=1S/C21H26FNO2S/c1-4-19(25-20-10-9-15(2)13-16(20)3)21(24)23-11-12-26-14-17-7-5-6-8-18(17)22/h5-10,13,19H,4,11-12,14H2,1-3H3,(H,23,24). The first-order valence-corrected chi connectivity index (χ1v) is 9.99. The molecule has 0 saturated carbocycles. The molecule has 1 atom stereocenters. The third kappa shape index (κ3) is 6.06. The molecule has 0 aliphatic heterocycles. The molecule has 0 heterocycles. The molecule has 2 rings (SSSR count). The molecule has 26 heavy (non-hydrogen) atoms. The lowest BCUT2D eigenvalue weighted by molar-refractivity contribution is -0.128. The average molecular weight is 376 g/mol. The lowest BCUT2D eigenvalue weighted by atomic mass is 10.1. The first kappa shape index (κ1) is 20.3. The molecule has 0 aliphatic rings. The molecule has 0 aromatic heterocycles. The molecule has 0 radical (unpaired) electrons. The summed E-state index contributed by atoms with van der Waals surface area (Å²) in [5.41, 5.74) is 2.88. The number of carbonyl (C=O) groups excluding carboxylic acids is 1. The Balaban J connectivity index is 1.75. The summed E-state index contributed by atoms with van der Waals surface area (Å²) in [4.78, 5) is 12.3. The van der Waals surface area contributed by atoms with Gasteiger partial charge < -0.3 is 10.1 Å². The van der Waals surface area contributed by atoms with Crippen LogP contribution in [0.15, 0.2) is 42.5 Å². The number of ether oxygens (including phenoxy) is 1. The van der Waals surface area contributed by atoms with Crippen molar-refractivity contribution in [3.8, 4) is 5.75 Å². The number of halogens is 1.